The van der Waals surface area contributed by atoms with Crippen molar-refractivity contribution < 1.29 is 14.5 Å². The van der Waals surface area contributed by atoms with Crippen molar-refractivity contribution >= 4 is 6.47 Å². The highest BCUT2D eigenvalue weighted by molar-refractivity contribution is 5.36. The molecular formula is C13H16N2O3. The van der Waals surface area contributed by atoms with Crippen molar-refractivity contribution in [2.45, 2.75) is 32.4 Å². The van der Waals surface area contributed by atoms with Gasteiger partial charge in [0.25, 0.3) is 0 Å². The molecule has 0 saturated heterocycles. The van der Waals surface area contributed by atoms with Gasteiger partial charge in [0.15, 0.2) is 6.04 Å². The largest absolute Gasteiger partial charge is 0.344 e. The molecule has 0 aliphatic carbocycles. The maximum absolute atomic E-state index is 10.5. The molecule has 18 heavy (non-hydrogen) atoms. The molecule has 1 rings (SSSR count). The third kappa shape index (κ3) is 4.17. The van der Waals surface area contributed by atoms with Crippen LogP contribution in [0, 0.1) is 11.3 Å². The molecule has 0 radical (unpaired) electrons. The summed E-state index contributed by atoms with van der Waals surface area (Å²) >= 11 is 0. The Morgan fingerprint density at radius 3 is 2.39 bits per heavy atom. The zero-order chi connectivity index (χ0) is 13.6. The average Bonchev–Trinajstić information content (AvgIpc) is 2.29. The Morgan fingerprint density at radius 1 is 1.33 bits per heavy atom. The van der Waals surface area contributed by atoms with E-state index in [1.807, 2.05) is 12.1 Å². The van der Waals surface area contributed by atoms with Crippen molar-refractivity contribution in [2.75, 3.05) is 0 Å². The topological polar surface area (TPSA) is 62.6 Å². The quantitative estimate of drug-likeness (QED) is 0.591. The third-order valence-electron chi connectivity index (χ3n) is 1.96. The SMILES string of the molecule is CC(C)(C)ON(OC=O)C(C#N)c1ccccc1. The summed E-state index contributed by atoms with van der Waals surface area (Å²) in [5, 5.41) is 10.1. The average molecular weight is 248 g/mol. The van der Waals surface area contributed by atoms with Gasteiger partial charge >= 0.3 is 6.47 Å². The molecule has 0 amide bonds. The van der Waals surface area contributed by atoms with Crippen molar-refractivity contribution in [3.8, 4) is 6.07 Å². The van der Waals surface area contributed by atoms with E-state index in [1.165, 1.54) is 0 Å². The summed E-state index contributed by atoms with van der Waals surface area (Å²) in [6.07, 6.45) is 0. The van der Waals surface area contributed by atoms with E-state index in [0.29, 0.717) is 5.56 Å². The van der Waals surface area contributed by atoms with Crippen LogP contribution in [0.25, 0.3) is 0 Å². The number of carbonyl (C=O) groups is 1. The second-order valence-corrected chi connectivity index (χ2v) is 4.63. The summed E-state index contributed by atoms with van der Waals surface area (Å²) in [4.78, 5) is 20.7. The van der Waals surface area contributed by atoms with Crippen LogP contribution in [-0.2, 0) is 14.5 Å². The molecule has 0 spiro atoms. The van der Waals surface area contributed by atoms with Gasteiger partial charge in [0.1, 0.15) is 0 Å². The minimum Gasteiger partial charge on any atom is -0.344 e. The van der Waals surface area contributed by atoms with Crippen molar-refractivity contribution in [1.29, 1.82) is 5.26 Å². The van der Waals surface area contributed by atoms with Crippen LogP contribution >= 0.6 is 0 Å². The molecule has 1 aromatic rings. The number of benzene rings is 1. The Morgan fingerprint density at radius 2 is 1.94 bits per heavy atom. The first-order valence-corrected chi connectivity index (χ1v) is 5.51. The molecule has 0 aliphatic heterocycles. The van der Waals surface area contributed by atoms with Crippen molar-refractivity contribution in [3.63, 3.8) is 0 Å². The smallest absolute Gasteiger partial charge is 0.316 e. The molecule has 0 bridgehead atoms. The molecule has 0 aliphatic rings. The Bertz CT molecular complexity index is 420. The molecule has 5 nitrogen and oxygen atoms in total. The van der Waals surface area contributed by atoms with E-state index in [1.54, 1.807) is 45.0 Å². The monoisotopic (exact) mass is 248 g/mol. The van der Waals surface area contributed by atoms with Gasteiger partial charge in [-0.15, -0.1) is 0 Å². The number of hydrogen-bond acceptors (Lipinski definition) is 5. The van der Waals surface area contributed by atoms with Crippen LogP contribution in [0.3, 0.4) is 0 Å². The van der Waals surface area contributed by atoms with Crippen molar-refractivity contribution in [3.05, 3.63) is 35.9 Å². The van der Waals surface area contributed by atoms with Crippen molar-refractivity contribution in [1.82, 2.24) is 5.23 Å². The summed E-state index contributed by atoms with van der Waals surface area (Å²) in [5.74, 6) is 0. The molecular weight excluding hydrogens is 232 g/mol. The molecule has 0 fully saturated rings. The highest BCUT2D eigenvalue weighted by atomic mass is 17.0. The Balaban J connectivity index is 2.95. The lowest BCUT2D eigenvalue weighted by Crippen LogP contribution is -2.36. The second-order valence-electron chi connectivity index (χ2n) is 4.63. The van der Waals surface area contributed by atoms with Crippen LogP contribution < -0.4 is 0 Å². The summed E-state index contributed by atoms with van der Waals surface area (Å²) in [5.41, 5.74) is 0.110. The van der Waals surface area contributed by atoms with Gasteiger partial charge in [-0.25, -0.2) is 0 Å². The maximum Gasteiger partial charge on any atom is 0.316 e. The van der Waals surface area contributed by atoms with Gasteiger partial charge in [-0.2, -0.15) is 5.26 Å². The van der Waals surface area contributed by atoms with E-state index >= 15 is 0 Å². The maximum atomic E-state index is 10.5. The van der Waals surface area contributed by atoms with Gasteiger partial charge in [-0.05, 0) is 26.3 Å². The van der Waals surface area contributed by atoms with Crippen LogP contribution in [0.15, 0.2) is 30.3 Å². The number of hydrogen-bond donors (Lipinski definition) is 0. The van der Waals surface area contributed by atoms with Gasteiger partial charge in [0.05, 0.1) is 11.7 Å². The number of rotatable bonds is 5. The van der Waals surface area contributed by atoms with Crippen LogP contribution in [-0.4, -0.2) is 17.3 Å². The first-order chi connectivity index (χ1) is 8.48. The number of nitrogens with zero attached hydrogens (tertiary/aromatic N) is 2. The fourth-order valence-electron chi connectivity index (χ4n) is 1.33. The van der Waals surface area contributed by atoms with E-state index < -0.39 is 11.6 Å². The fraction of sp³-hybridized carbons (Fsp3) is 0.385. The minimum absolute atomic E-state index is 0.235. The Labute approximate surface area is 106 Å². The van der Waals surface area contributed by atoms with E-state index in [4.69, 9.17) is 9.68 Å². The highest BCUT2D eigenvalue weighted by Crippen LogP contribution is 2.23. The van der Waals surface area contributed by atoms with Crippen LogP contribution in [0.1, 0.15) is 32.4 Å². The summed E-state index contributed by atoms with van der Waals surface area (Å²) in [7, 11) is 0. The van der Waals surface area contributed by atoms with Gasteiger partial charge in [0, 0.05) is 5.23 Å². The lowest BCUT2D eigenvalue weighted by Gasteiger charge is -2.29. The van der Waals surface area contributed by atoms with Gasteiger partial charge in [-0.3, -0.25) is 9.63 Å². The first kappa shape index (κ1) is 14.2. The second kappa shape index (κ2) is 6.15. The molecule has 0 heterocycles. The van der Waals surface area contributed by atoms with Crippen LogP contribution in [0.2, 0.25) is 0 Å². The number of hydroxylamine groups is 2. The Hall–Kier alpha value is -1.90. The van der Waals surface area contributed by atoms with Gasteiger partial charge in [-0.1, -0.05) is 30.3 Å². The normalized spacial score (nSPS) is 12.8. The van der Waals surface area contributed by atoms with Gasteiger partial charge in [0.2, 0.25) is 0 Å². The number of nitriles is 1. The van der Waals surface area contributed by atoms with E-state index in [-0.39, 0.29) is 6.47 Å². The van der Waals surface area contributed by atoms with Gasteiger partial charge < -0.3 is 4.84 Å². The molecule has 96 valence electrons. The zero-order valence-corrected chi connectivity index (χ0v) is 10.7. The predicted octanol–water partition coefficient (Wildman–Crippen LogP) is 2.37. The lowest BCUT2D eigenvalue weighted by molar-refractivity contribution is -0.388. The molecule has 0 aromatic heterocycles. The standard InChI is InChI=1S/C13H16N2O3/c1-13(2,3)18-15(17-10-16)12(9-14)11-7-5-4-6-8-11/h4-8,10,12H,1-3H3. The summed E-state index contributed by atoms with van der Waals surface area (Å²) in [6.45, 7) is 5.63. The highest BCUT2D eigenvalue weighted by Gasteiger charge is 2.27. The molecule has 1 unspecified atom stereocenters. The third-order valence-corrected chi connectivity index (χ3v) is 1.96. The van der Waals surface area contributed by atoms with E-state index in [0.717, 1.165) is 5.23 Å². The molecule has 1 atom stereocenters. The molecule has 1 aromatic carbocycles. The number of carbonyl (C=O) groups excluding carboxylic acids is 1. The molecule has 0 saturated carbocycles. The lowest BCUT2D eigenvalue weighted by atomic mass is 10.1. The molecule has 0 N–H and O–H groups in total. The molecule has 5 heteroatoms. The van der Waals surface area contributed by atoms with Crippen LogP contribution in [0.5, 0.6) is 0 Å². The summed E-state index contributed by atoms with van der Waals surface area (Å²) in [6, 6.07) is 10.2. The van der Waals surface area contributed by atoms with Crippen LogP contribution in [0.4, 0.5) is 0 Å². The van der Waals surface area contributed by atoms with E-state index in [9.17, 15) is 10.1 Å². The first-order valence-electron chi connectivity index (χ1n) is 5.51. The summed E-state index contributed by atoms with van der Waals surface area (Å²) < 4.78 is 0. The fourth-order valence-corrected chi connectivity index (χ4v) is 1.33. The minimum atomic E-state index is -0.810. The zero-order valence-electron chi connectivity index (χ0n) is 10.7. The Kier molecular flexibility index (Phi) is 4.84. The van der Waals surface area contributed by atoms with E-state index in [2.05, 4.69) is 0 Å². The predicted molar refractivity (Wildman–Crippen MR) is 64.6 cm³/mol. The van der Waals surface area contributed by atoms with Crippen molar-refractivity contribution in [2.24, 2.45) is 0 Å².